The second-order valence-electron chi connectivity index (χ2n) is 11.3. The molecule has 0 spiro atoms. The van der Waals surface area contributed by atoms with Crippen molar-refractivity contribution >= 4 is 0 Å². The van der Waals surface area contributed by atoms with Crippen molar-refractivity contribution in [3.63, 3.8) is 0 Å². The summed E-state index contributed by atoms with van der Waals surface area (Å²) in [5.41, 5.74) is 27.1. The van der Waals surface area contributed by atoms with Gasteiger partial charge in [0.1, 0.15) is 0 Å². The van der Waals surface area contributed by atoms with Gasteiger partial charge in [-0.3, -0.25) is 0 Å². The Morgan fingerprint density at radius 3 is 1.28 bits per heavy atom. The number of hydrogen-bond donors (Lipinski definition) is 0. The molecule has 0 radical (unpaired) electrons. The van der Waals surface area contributed by atoms with Crippen molar-refractivity contribution in [3.8, 4) is 44.5 Å². The van der Waals surface area contributed by atoms with Gasteiger partial charge in [-0.2, -0.15) is 0 Å². The maximum atomic E-state index is 2.49. The third kappa shape index (κ3) is 2.22. The Labute approximate surface area is 212 Å². The van der Waals surface area contributed by atoms with E-state index in [-0.39, 0.29) is 0 Å². The fourth-order valence-electron chi connectivity index (χ4n) is 7.97. The molecule has 0 atom stereocenters. The van der Waals surface area contributed by atoms with Crippen LogP contribution in [0.1, 0.15) is 55.6 Å². The molecule has 170 valence electrons. The lowest BCUT2D eigenvalue weighted by molar-refractivity contribution is 1.14. The quantitative estimate of drug-likeness (QED) is 0.213. The van der Waals surface area contributed by atoms with E-state index in [2.05, 4.69) is 86.6 Å². The maximum Gasteiger partial charge on any atom is -0.00100 e. The molecule has 0 saturated heterocycles. The summed E-state index contributed by atoms with van der Waals surface area (Å²) < 4.78 is 0. The molecule has 9 rings (SSSR count). The summed E-state index contributed by atoms with van der Waals surface area (Å²) in [6.45, 7) is 4.63. The first-order chi connectivity index (χ1) is 17.7. The zero-order valence-corrected chi connectivity index (χ0v) is 20.8. The molecular formula is C36H26. The number of benzene rings is 5. The largest absolute Gasteiger partial charge is 0.0619 e. The van der Waals surface area contributed by atoms with Gasteiger partial charge in [0.25, 0.3) is 0 Å². The van der Waals surface area contributed by atoms with E-state index in [9.17, 15) is 0 Å². The lowest BCUT2D eigenvalue weighted by Crippen LogP contribution is -1.92. The van der Waals surface area contributed by atoms with E-state index in [4.69, 9.17) is 0 Å². The number of aryl methyl sites for hydroxylation is 2. The van der Waals surface area contributed by atoms with Crippen molar-refractivity contribution in [1.29, 1.82) is 0 Å². The van der Waals surface area contributed by atoms with Crippen LogP contribution >= 0.6 is 0 Å². The Hall–Kier alpha value is -3.90. The third-order valence-electron chi connectivity index (χ3n) is 9.49. The first kappa shape index (κ1) is 19.3. The smallest absolute Gasteiger partial charge is 0.00100 e. The average molecular weight is 459 g/mol. The SMILES string of the molecule is Cc1cc2c(c3c1Cc1ccccc1-3)-c1ccc3c(c1C2)Cc1cc(C)c2c(c1-3)-c1ccccc1C2. The fraction of sp³-hybridized carbons (Fsp3) is 0.167. The highest BCUT2D eigenvalue weighted by Gasteiger charge is 2.35. The van der Waals surface area contributed by atoms with Crippen LogP contribution < -0.4 is 0 Å². The van der Waals surface area contributed by atoms with E-state index in [1.807, 2.05) is 0 Å². The lowest BCUT2D eigenvalue weighted by Gasteiger charge is -2.14. The second-order valence-corrected chi connectivity index (χ2v) is 11.3. The van der Waals surface area contributed by atoms with Gasteiger partial charge in [-0.15, -0.1) is 0 Å². The fourth-order valence-corrected chi connectivity index (χ4v) is 7.97. The molecule has 0 saturated carbocycles. The molecule has 0 amide bonds. The van der Waals surface area contributed by atoms with Crippen molar-refractivity contribution < 1.29 is 0 Å². The van der Waals surface area contributed by atoms with Gasteiger partial charge >= 0.3 is 0 Å². The molecule has 0 bridgehead atoms. The second kappa shape index (κ2) is 6.45. The molecule has 36 heavy (non-hydrogen) atoms. The van der Waals surface area contributed by atoms with Crippen molar-refractivity contribution in [2.45, 2.75) is 39.5 Å². The molecule has 0 nitrogen and oxygen atoms in total. The number of hydrogen-bond acceptors (Lipinski definition) is 0. The maximum absolute atomic E-state index is 2.49. The van der Waals surface area contributed by atoms with E-state index >= 15 is 0 Å². The highest BCUT2D eigenvalue weighted by atomic mass is 14.4. The van der Waals surface area contributed by atoms with Gasteiger partial charge in [0.05, 0.1) is 0 Å². The van der Waals surface area contributed by atoms with Crippen LogP contribution in [0.2, 0.25) is 0 Å². The molecule has 0 heteroatoms. The Balaban J connectivity index is 1.29. The Bertz CT molecular complexity index is 1710. The van der Waals surface area contributed by atoms with Crippen LogP contribution in [-0.4, -0.2) is 0 Å². The van der Waals surface area contributed by atoms with E-state index in [1.54, 1.807) is 11.1 Å². The van der Waals surface area contributed by atoms with Gasteiger partial charge in [-0.05, 0) is 140 Å². The van der Waals surface area contributed by atoms with Crippen LogP contribution in [0.25, 0.3) is 44.5 Å². The molecule has 4 aliphatic rings. The van der Waals surface area contributed by atoms with Crippen LogP contribution in [-0.2, 0) is 25.7 Å². The molecule has 0 N–H and O–H groups in total. The van der Waals surface area contributed by atoms with Crippen LogP contribution in [0.15, 0.2) is 72.8 Å². The molecule has 0 aromatic heterocycles. The van der Waals surface area contributed by atoms with E-state index < -0.39 is 0 Å². The van der Waals surface area contributed by atoms with Crippen LogP contribution in [0.3, 0.4) is 0 Å². The Morgan fingerprint density at radius 1 is 0.389 bits per heavy atom. The molecule has 4 aliphatic carbocycles. The minimum Gasteiger partial charge on any atom is -0.0619 e. The van der Waals surface area contributed by atoms with Crippen LogP contribution in [0.4, 0.5) is 0 Å². The highest BCUT2D eigenvalue weighted by Crippen LogP contribution is 2.55. The Morgan fingerprint density at radius 2 is 0.806 bits per heavy atom. The molecule has 5 aromatic carbocycles. The normalized spacial score (nSPS) is 14.5. The first-order valence-corrected chi connectivity index (χ1v) is 13.3. The minimum absolute atomic E-state index is 1.07. The first-order valence-electron chi connectivity index (χ1n) is 13.3. The van der Waals surface area contributed by atoms with E-state index in [0.717, 1.165) is 25.7 Å². The van der Waals surface area contributed by atoms with E-state index in [1.165, 1.54) is 89.0 Å². The number of rotatable bonds is 0. The highest BCUT2D eigenvalue weighted by molar-refractivity contribution is 6.01. The summed E-state index contributed by atoms with van der Waals surface area (Å²) in [5.74, 6) is 0. The zero-order chi connectivity index (χ0) is 23.7. The molecule has 5 aromatic rings. The van der Waals surface area contributed by atoms with Gasteiger partial charge in [-0.1, -0.05) is 72.8 Å². The van der Waals surface area contributed by atoms with Gasteiger partial charge in [0.15, 0.2) is 0 Å². The van der Waals surface area contributed by atoms with Gasteiger partial charge < -0.3 is 0 Å². The molecule has 0 heterocycles. The van der Waals surface area contributed by atoms with E-state index in [0.29, 0.717) is 0 Å². The molecule has 0 fully saturated rings. The summed E-state index contributed by atoms with van der Waals surface area (Å²) in [6.07, 6.45) is 4.27. The van der Waals surface area contributed by atoms with Crippen molar-refractivity contribution in [3.05, 3.63) is 128 Å². The summed E-state index contributed by atoms with van der Waals surface area (Å²) >= 11 is 0. The zero-order valence-electron chi connectivity index (χ0n) is 20.8. The van der Waals surface area contributed by atoms with Gasteiger partial charge in [0.2, 0.25) is 0 Å². The Kier molecular flexibility index (Phi) is 3.46. The van der Waals surface area contributed by atoms with Gasteiger partial charge in [-0.25, -0.2) is 0 Å². The summed E-state index contributed by atoms with van der Waals surface area (Å²) in [6, 6.07) is 28.0. The van der Waals surface area contributed by atoms with Crippen LogP contribution in [0.5, 0.6) is 0 Å². The standard InChI is InChI=1S/C36H26/c1-19-13-23-17-31-27(33(23)35-25-9-5-3-7-21(25)15-29(19)35)11-12-28-32(31)18-24-14-20(2)30-16-22-8-4-6-10-26(22)36(30)34(24)28/h3-14H,15-18H2,1-2H3. The monoisotopic (exact) mass is 458 g/mol. The third-order valence-corrected chi connectivity index (χ3v) is 9.49. The lowest BCUT2D eigenvalue weighted by atomic mass is 9.89. The predicted octanol–water partition coefficient (Wildman–Crippen LogP) is 8.59. The number of fused-ring (bicyclic) bond motifs is 15. The molecular weight excluding hydrogens is 432 g/mol. The van der Waals surface area contributed by atoms with Crippen molar-refractivity contribution in [2.75, 3.05) is 0 Å². The summed E-state index contributed by atoms with van der Waals surface area (Å²) in [5, 5.41) is 0. The predicted molar refractivity (Wildman–Crippen MR) is 149 cm³/mol. The minimum atomic E-state index is 1.07. The summed E-state index contributed by atoms with van der Waals surface area (Å²) in [7, 11) is 0. The molecule has 0 aliphatic heterocycles. The van der Waals surface area contributed by atoms with Gasteiger partial charge in [0, 0.05) is 0 Å². The van der Waals surface area contributed by atoms with Crippen LogP contribution in [0, 0.1) is 13.8 Å². The van der Waals surface area contributed by atoms with Crippen molar-refractivity contribution in [2.24, 2.45) is 0 Å². The topological polar surface area (TPSA) is 0 Å². The summed E-state index contributed by atoms with van der Waals surface area (Å²) in [4.78, 5) is 0. The van der Waals surface area contributed by atoms with Crippen molar-refractivity contribution in [1.82, 2.24) is 0 Å². The molecule has 0 unspecified atom stereocenters. The average Bonchev–Trinajstić information content (AvgIpc) is 3.63.